The Balaban J connectivity index is 1.66. The summed E-state index contributed by atoms with van der Waals surface area (Å²) >= 11 is 0. The van der Waals surface area contributed by atoms with Crippen LogP contribution in [0.3, 0.4) is 0 Å². The maximum Gasteiger partial charge on any atom is 0.175 e. The molecule has 8 heteroatoms. The maximum absolute atomic E-state index is 11.8. The molecular weight excluding hydrogens is 374 g/mol. The highest BCUT2D eigenvalue weighted by molar-refractivity contribution is 7.90. The van der Waals surface area contributed by atoms with E-state index in [1.54, 1.807) is 42.9 Å². The average Bonchev–Trinajstić information content (AvgIpc) is 3.18. The molecule has 0 saturated heterocycles. The zero-order valence-electron chi connectivity index (χ0n) is 15.0. The largest absolute Gasteiger partial charge is 0.340 e. The average molecular weight is 391 g/mol. The van der Waals surface area contributed by atoms with Crippen molar-refractivity contribution in [2.24, 2.45) is 0 Å². The molecule has 0 aliphatic heterocycles. The van der Waals surface area contributed by atoms with Gasteiger partial charge >= 0.3 is 0 Å². The summed E-state index contributed by atoms with van der Waals surface area (Å²) in [7, 11) is -3.28. The van der Waals surface area contributed by atoms with E-state index in [9.17, 15) is 8.42 Å². The fourth-order valence-electron chi connectivity index (χ4n) is 2.83. The van der Waals surface area contributed by atoms with Crippen LogP contribution >= 0.6 is 0 Å². The molecule has 0 radical (unpaired) electrons. The molecule has 0 amide bonds. The van der Waals surface area contributed by atoms with Crippen LogP contribution in [0.2, 0.25) is 0 Å². The topological polar surface area (TPSA) is 101 Å². The fraction of sp³-hybridized carbons (Fsp3) is 0.0500. The van der Waals surface area contributed by atoms with Crippen LogP contribution in [0.5, 0.6) is 0 Å². The molecule has 0 spiro atoms. The summed E-state index contributed by atoms with van der Waals surface area (Å²) in [4.78, 5) is 8.95. The molecule has 3 aromatic heterocycles. The molecule has 0 fully saturated rings. The maximum atomic E-state index is 11.8. The number of nitrogens with one attached hydrogen (secondary N) is 2. The van der Waals surface area contributed by atoms with E-state index in [0.29, 0.717) is 11.5 Å². The van der Waals surface area contributed by atoms with Gasteiger partial charge in [-0.25, -0.2) is 13.4 Å². The van der Waals surface area contributed by atoms with Crippen molar-refractivity contribution < 1.29 is 8.42 Å². The summed E-state index contributed by atoms with van der Waals surface area (Å²) < 4.78 is 23.5. The molecule has 0 saturated carbocycles. The zero-order chi connectivity index (χ0) is 19.6. The minimum absolute atomic E-state index is 0.251. The van der Waals surface area contributed by atoms with E-state index in [2.05, 4.69) is 25.5 Å². The third kappa shape index (κ3) is 3.77. The third-order valence-corrected chi connectivity index (χ3v) is 5.28. The second kappa shape index (κ2) is 7.24. The molecule has 140 valence electrons. The van der Waals surface area contributed by atoms with Crippen molar-refractivity contribution in [3.63, 3.8) is 0 Å². The lowest BCUT2D eigenvalue weighted by molar-refractivity contribution is 0.602. The van der Waals surface area contributed by atoms with Gasteiger partial charge < -0.3 is 5.32 Å². The Morgan fingerprint density at radius 2 is 1.86 bits per heavy atom. The van der Waals surface area contributed by atoms with Gasteiger partial charge in [-0.3, -0.25) is 10.1 Å². The van der Waals surface area contributed by atoms with Gasteiger partial charge in [-0.2, -0.15) is 5.10 Å². The van der Waals surface area contributed by atoms with Gasteiger partial charge in [0.2, 0.25) is 0 Å². The summed E-state index contributed by atoms with van der Waals surface area (Å²) in [6, 6.07) is 16.1. The number of hydrogen-bond acceptors (Lipinski definition) is 6. The van der Waals surface area contributed by atoms with Crippen molar-refractivity contribution in [2.45, 2.75) is 4.90 Å². The SMILES string of the molecule is CS(=O)(=O)c1cccc(Nc2cc(-c3cn[nH]c3-c3ccccn3)ccn2)c1. The predicted octanol–water partition coefficient (Wildman–Crippen LogP) is 3.68. The first-order valence-corrected chi connectivity index (χ1v) is 10.4. The molecule has 2 N–H and O–H groups in total. The summed E-state index contributed by atoms with van der Waals surface area (Å²) in [5.41, 5.74) is 4.06. The monoisotopic (exact) mass is 391 g/mol. The smallest absolute Gasteiger partial charge is 0.175 e. The molecule has 4 rings (SSSR count). The minimum atomic E-state index is -3.28. The molecule has 0 aliphatic rings. The first kappa shape index (κ1) is 17.9. The lowest BCUT2D eigenvalue weighted by Crippen LogP contribution is -1.99. The van der Waals surface area contributed by atoms with Gasteiger partial charge in [-0.15, -0.1) is 0 Å². The van der Waals surface area contributed by atoms with E-state index in [1.807, 2.05) is 30.3 Å². The molecule has 0 atom stereocenters. The molecule has 0 aliphatic carbocycles. The molecule has 0 bridgehead atoms. The molecule has 7 nitrogen and oxygen atoms in total. The van der Waals surface area contributed by atoms with E-state index in [-0.39, 0.29) is 4.90 Å². The van der Waals surface area contributed by atoms with Gasteiger partial charge in [0, 0.05) is 29.9 Å². The quantitative estimate of drug-likeness (QED) is 0.538. The van der Waals surface area contributed by atoms with E-state index < -0.39 is 9.84 Å². The molecular formula is C20H17N5O2S. The van der Waals surface area contributed by atoms with E-state index in [0.717, 1.165) is 22.5 Å². The molecule has 3 heterocycles. The summed E-state index contributed by atoms with van der Waals surface area (Å²) in [6.45, 7) is 0. The Hall–Kier alpha value is -3.52. The van der Waals surface area contributed by atoms with Crippen LogP contribution in [-0.2, 0) is 9.84 Å². The van der Waals surface area contributed by atoms with Crippen molar-refractivity contribution in [1.29, 1.82) is 0 Å². The lowest BCUT2D eigenvalue weighted by Gasteiger charge is -2.09. The van der Waals surface area contributed by atoms with Crippen LogP contribution < -0.4 is 5.32 Å². The second-order valence-corrected chi connectivity index (χ2v) is 8.24. The summed E-state index contributed by atoms with van der Waals surface area (Å²) in [5, 5.41) is 10.3. The lowest BCUT2D eigenvalue weighted by atomic mass is 10.1. The van der Waals surface area contributed by atoms with Gasteiger partial charge in [0.15, 0.2) is 9.84 Å². The van der Waals surface area contributed by atoms with E-state index in [1.165, 1.54) is 6.26 Å². The number of H-pyrrole nitrogens is 1. The van der Waals surface area contributed by atoms with Crippen molar-refractivity contribution in [1.82, 2.24) is 20.2 Å². The zero-order valence-corrected chi connectivity index (χ0v) is 15.8. The number of anilines is 2. The number of hydrogen-bond donors (Lipinski definition) is 2. The minimum Gasteiger partial charge on any atom is -0.340 e. The number of pyridine rings is 2. The Kier molecular flexibility index (Phi) is 4.62. The van der Waals surface area contributed by atoms with Crippen LogP contribution in [0.15, 0.2) is 78.1 Å². The van der Waals surface area contributed by atoms with Crippen LogP contribution in [0, 0.1) is 0 Å². The highest BCUT2D eigenvalue weighted by Crippen LogP contribution is 2.30. The molecule has 28 heavy (non-hydrogen) atoms. The third-order valence-electron chi connectivity index (χ3n) is 4.17. The van der Waals surface area contributed by atoms with Gasteiger partial charge in [0.05, 0.1) is 22.5 Å². The van der Waals surface area contributed by atoms with Crippen molar-refractivity contribution >= 4 is 21.3 Å². The highest BCUT2D eigenvalue weighted by atomic mass is 32.2. The van der Waals surface area contributed by atoms with Crippen LogP contribution in [-0.4, -0.2) is 34.8 Å². The van der Waals surface area contributed by atoms with Crippen molar-refractivity contribution in [3.8, 4) is 22.5 Å². The molecule has 1 aromatic carbocycles. The van der Waals surface area contributed by atoms with E-state index in [4.69, 9.17) is 0 Å². The van der Waals surface area contributed by atoms with Crippen LogP contribution in [0.1, 0.15) is 0 Å². The van der Waals surface area contributed by atoms with Crippen LogP contribution in [0.25, 0.3) is 22.5 Å². The summed E-state index contributed by atoms with van der Waals surface area (Å²) in [6.07, 6.45) is 6.35. The first-order valence-electron chi connectivity index (χ1n) is 8.49. The Bertz CT molecular complexity index is 1220. The molecule has 0 unspecified atom stereocenters. The number of benzene rings is 1. The standard InChI is InChI=1S/C20H17N5O2S/c1-28(26,27)16-6-4-5-15(12-16)24-19-11-14(8-10-22-19)17-13-23-25-20(17)18-7-2-3-9-21-18/h2-13H,1H3,(H,22,24)(H,23,25). The number of aromatic amines is 1. The first-order chi connectivity index (χ1) is 13.5. The number of rotatable bonds is 5. The fourth-order valence-corrected chi connectivity index (χ4v) is 3.50. The number of sulfone groups is 1. The van der Waals surface area contributed by atoms with Crippen LogP contribution in [0.4, 0.5) is 11.5 Å². The van der Waals surface area contributed by atoms with Gasteiger partial charge in [0.25, 0.3) is 0 Å². The van der Waals surface area contributed by atoms with E-state index >= 15 is 0 Å². The Morgan fingerprint density at radius 3 is 2.64 bits per heavy atom. The van der Waals surface area contributed by atoms with Gasteiger partial charge in [-0.1, -0.05) is 12.1 Å². The summed E-state index contributed by atoms with van der Waals surface area (Å²) in [5.74, 6) is 0.594. The predicted molar refractivity (Wildman–Crippen MR) is 108 cm³/mol. The van der Waals surface area contributed by atoms with Crippen molar-refractivity contribution in [3.05, 3.63) is 73.2 Å². The number of nitrogens with zero attached hydrogens (tertiary/aromatic N) is 3. The molecule has 4 aromatic rings. The van der Waals surface area contributed by atoms with Crippen molar-refractivity contribution in [2.75, 3.05) is 11.6 Å². The highest BCUT2D eigenvalue weighted by Gasteiger charge is 2.12. The Labute approximate surface area is 162 Å². The van der Waals surface area contributed by atoms with Gasteiger partial charge in [-0.05, 0) is 48.0 Å². The van der Waals surface area contributed by atoms with Gasteiger partial charge in [0.1, 0.15) is 5.82 Å². The Morgan fingerprint density at radius 1 is 0.964 bits per heavy atom. The second-order valence-electron chi connectivity index (χ2n) is 6.23. The number of aromatic nitrogens is 4. The normalized spacial score (nSPS) is 11.3.